The van der Waals surface area contributed by atoms with Gasteiger partial charge in [0.2, 0.25) is 0 Å². The van der Waals surface area contributed by atoms with Gasteiger partial charge in [-0.05, 0) is 42.8 Å². The van der Waals surface area contributed by atoms with Crippen molar-refractivity contribution in [3.63, 3.8) is 0 Å². The van der Waals surface area contributed by atoms with E-state index in [2.05, 4.69) is 17.3 Å². The lowest BCUT2D eigenvalue weighted by atomic mass is 10.1. The molecular formula is C22H24ClN3O3. The highest BCUT2D eigenvalue weighted by molar-refractivity contribution is 6.30. The van der Waals surface area contributed by atoms with E-state index >= 15 is 0 Å². The number of carbonyl (C=O) groups excluding carboxylic acids is 1. The van der Waals surface area contributed by atoms with Gasteiger partial charge in [0.25, 0.3) is 5.91 Å². The lowest BCUT2D eigenvalue weighted by molar-refractivity contribution is 0.0949. The zero-order valence-electron chi connectivity index (χ0n) is 16.7. The summed E-state index contributed by atoms with van der Waals surface area (Å²) in [6, 6.07) is 12.9. The first-order valence-corrected chi connectivity index (χ1v) is 9.77. The summed E-state index contributed by atoms with van der Waals surface area (Å²) in [4.78, 5) is 12.9. The molecule has 0 fully saturated rings. The summed E-state index contributed by atoms with van der Waals surface area (Å²) in [5, 5.41) is 8.06. The first-order valence-electron chi connectivity index (χ1n) is 9.40. The molecule has 0 atom stereocenters. The molecule has 1 N–H and O–H groups in total. The number of aromatic nitrogens is 2. The number of methoxy groups -OCH3 is 2. The van der Waals surface area contributed by atoms with Gasteiger partial charge in [0.15, 0.2) is 0 Å². The average molecular weight is 414 g/mol. The van der Waals surface area contributed by atoms with E-state index in [-0.39, 0.29) is 12.5 Å². The van der Waals surface area contributed by atoms with Crippen molar-refractivity contribution in [1.29, 1.82) is 0 Å². The van der Waals surface area contributed by atoms with Crippen molar-refractivity contribution in [2.24, 2.45) is 0 Å². The molecule has 0 bridgehead atoms. The molecule has 0 aliphatic heterocycles. The Kier molecular flexibility index (Phi) is 6.77. The van der Waals surface area contributed by atoms with Gasteiger partial charge in [-0.25, -0.2) is 4.68 Å². The smallest absolute Gasteiger partial charge is 0.255 e. The Balaban J connectivity index is 1.86. The van der Waals surface area contributed by atoms with Gasteiger partial charge in [0.05, 0.1) is 49.5 Å². The second-order valence-corrected chi connectivity index (χ2v) is 6.90. The Morgan fingerprint density at radius 2 is 1.76 bits per heavy atom. The van der Waals surface area contributed by atoms with Gasteiger partial charge in [0.1, 0.15) is 11.5 Å². The predicted molar refractivity (Wildman–Crippen MR) is 113 cm³/mol. The van der Waals surface area contributed by atoms with E-state index in [4.69, 9.17) is 21.1 Å². The minimum absolute atomic E-state index is 0.193. The van der Waals surface area contributed by atoms with Crippen molar-refractivity contribution >= 4 is 17.5 Å². The summed E-state index contributed by atoms with van der Waals surface area (Å²) in [5.41, 5.74) is 3.06. The third-order valence-electron chi connectivity index (χ3n) is 4.63. The maximum absolute atomic E-state index is 12.9. The molecule has 1 aromatic heterocycles. The van der Waals surface area contributed by atoms with Crippen LogP contribution in [0, 0.1) is 0 Å². The van der Waals surface area contributed by atoms with Gasteiger partial charge in [0, 0.05) is 5.02 Å². The normalized spacial score (nSPS) is 10.6. The number of amides is 1. The molecule has 0 aliphatic carbocycles. The van der Waals surface area contributed by atoms with Crippen LogP contribution in [0.15, 0.2) is 48.7 Å². The van der Waals surface area contributed by atoms with Gasteiger partial charge in [-0.2, -0.15) is 5.10 Å². The minimum Gasteiger partial charge on any atom is -0.496 e. The number of rotatable bonds is 8. The first-order chi connectivity index (χ1) is 14.1. The molecule has 0 aliphatic rings. The molecule has 0 radical (unpaired) electrons. The van der Waals surface area contributed by atoms with Crippen LogP contribution in [0.4, 0.5) is 0 Å². The largest absolute Gasteiger partial charge is 0.496 e. The monoisotopic (exact) mass is 413 g/mol. The summed E-state index contributed by atoms with van der Waals surface area (Å²) in [6.45, 7) is 2.35. The standard InChI is InChI=1S/C22H24ClN3O3/c1-4-6-19-17(14-25-26(19)16-11-9-15(23)10-12-16)22(27)24-13-18-20(28-2)7-5-8-21(18)29-3/h5,7-12,14H,4,6,13H2,1-3H3,(H,24,27). The molecule has 0 saturated carbocycles. The molecule has 29 heavy (non-hydrogen) atoms. The molecule has 3 aromatic rings. The summed E-state index contributed by atoms with van der Waals surface area (Å²) >= 11 is 5.99. The van der Waals surface area contributed by atoms with Gasteiger partial charge in [-0.1, -0.05) is 31.0 Å². The number of hydrogen-bond donors (Lipinski definition) is 1. The second-order valence-electron chi connectivity index (χ2n) is 6.47. The molecule has 152 valence electrons. The lowest BCUT2D eigenvalue weighted by Gasteiger charge is -2.14. The Morgan fingerprint density at radius 1 is 1.10 bits per heavy atom. The zero-order chi connectivity index (χ0) is 20.8. The molecule has 1 heterocycles. The first kappa shape index (κ1) is 20.7. The average Bonchev–Trinajstić information content (AvgIpc) is 3.16. The fourth-order valence-electron chi connectivity index (χ4n) is 3.21. The van der Waals surface area contributed by atoms with Gasteiger partial charge in [-0.15, -0.1) is 0 Å². The molecule has 0 saturated heterocycles. The third kappa shape index (κ3) is 4.54. The molecule has 1 amide bonds. The van der Waals surface area contributed by atoms with E-state index in [0.29, 0.717) is 22.1 Å². The Labute approximate surface area is 175 Å². The Hall–Kier alpha value is -2.99. The van der Waals surface area contributed by atoms with Crippen molar-refractivity contribution in [1.82, 2.24) is 15.1 Å². The van der Waals surface area contributed by atoms with E-state index in [0.717, 1.165) is 29.8 Å². The Bertz CT molecular complexity index is 961. The maximum atomic E-state index is 12.9. The van der Waals surface area contributed by atoms with Crippen LogP contribution in [0.1, 0.15) is 35.0 Å². The number of nitrogens with zero attached hydrogens (tertiary/aromatic N) is 2. The van der Waals surface area contributed by atoms with Crippen molar-refractivity contribution in [2.75, 3.05) is 14.2 Å². The van der Waals surface area contributed by atoms with Crippen molar-refractivity contribution < 1.29 is 14.3 Å². The fourth-order valence-corrected chi connectivity index (χ4v) is 3.34. The fraction of sp³-hybridized carbons (Fsp3) is 0.273. The molecule has 7 heteroatoms. The summed E-state index contributed by atoms with van der Waals surface area (Å²) < 4.78 is 12.6. The highest BCUT2D eigenvalue weighted by Crippen LogP contribution is 2.28. The van der Waals surface area contributed by atoms with Crippen LogP contribution < -0.4 is 14.8 Å². The molecular weight excluding hydrogens is 390 g/mol. The molecule has 0 unspecified atom stereocenters. The highest BCUT2D eigenvalue weighted by Gasteiger charge is 2.19. The SMILES string of the molecule is CCCc1c(C(=O)NCc2c(OC)cccc2OC)cnn1-c1ccc(Cl)cc1. The summed E-state index contributed by atoms with van der Waals surface area (Å²) in [5.74, 6) is 1.13. The topological polar surface area (TPSA) is 65.4 Å². The number of halogens is 1. The molecule has 6 nitrogen and oxygen atoms in total. The number of ether oxygens (including phenoxy) is 2. The van der Waals surface area contributed by atoms with Crippen LogP contribution >= 0.6 is 11.6 Å². The summed E-state index contributed by atoms with van der Waals surface area (Å²) in [7, 11) is 3.19. The van der Waals surface area contributed by atoms with Gasteiger partial charge < -0.3 is 14.8 Å². The number of hydrogen-bond acceptors (Lipinski definition) is 4. The molecule has 3 rings (SSSR count). The second kappa shape index (κ2) is 9.47. The summed E-state index contributed by atoms with van der Waals surface area (Å²) in [6.07, 6.45) is 3.22. The van der Waals surface area contributed by atoms with Crippen LogP contribution in [0.3, 0.4) is 0 Å². The van der Waals surface area contributed by atoms with Gasteiger partial charge >= 0.3 is 0 Å². The van der Waals surface area contributed by atoms with Crippen LogP contribution in [0.5, 0.6) is 11.5 Å². The third-order valence-corrected chi connectivity index (χ3v) is 4.88. The van der Waals surface area contributed by atoms with E-state index in [9.17, 15) is 4.79 Å². The Morgan fingerprint density at radius 3 is 2.34 bits per heavy atom. The van der Waals surface area contributed by atoms with Crippen LogP contribution in [0.25, 0.3) is 5.69 Å². The van der Waals surface area contributed by atoms with Crippen molar-refractivity contribution in [3.05, 3.63) is 70.5 Å². The van der Waals surface area contributed by atoms with E-state index in [1.165, 1.54) is 0 Å². The maximum Gasteiger partial charge on any atom is 0.255 e. The quantitative estimate of drug-likeness (QED) is 0.593. The van der Waals surface area contributed by atoms with Crippen molar-refractivity contribution in [3.8, 4) is 17.2 Å². The predicted octanol–water partition coefficient (Wildman–Crippen LogP) is 4.43. The van der Waals surface area contributed by atoms with Gasteiger partial charge in [-0.3, -0.25) is 4.79 Å². The van der Waals surface area contributed by atoms with E-state index in [1.54, 1.807) is 25.1 Å². The lowest BCUT2D eigenvalue weighted by Crippen LogP contribution is -2.24. The molecule has 2 aromatic carbocycles. The highest BCUT2D eigenvalue weighted by atomic mass is 35.5. The number of nitrogens with one attached hydrogen (secondary N) is 1. The van der Waals surface area contributed by atoms with E-state index in [1.807, 2.05) is 42.5 Å². The number of carbonyl (C=O) groups is 1. The van der Waals surface area contributed by atoms with Crippen LogP contribution in [-0.4, -0.2) is 29.9 Å². The van der Waals surface area contributed by atoms with Crippen LogP contribution in [-0.2, 0) is 13.0 Å². The van der Waals surface area contributed by atoms with Crippen molar-refractivity contribution in [2.45, 2.75) is 26.3 Å². The van der Waals surface area contributed by atoms with E-state index < -0.39 is 0 Å². The van der Waals surface area contributed by atoms with Crippen LogP contribution in [0.2, 0.25) is 5.02 Å². The zero-order valence-corrected chi connectivity index (χ0v) is 17.5. The molecule has 0 spiro atoms. The number of benzene rings is 2. The minimum atomic E-state index is -0.193.